The van der Waals surface area contributed by atoms with Crippen molar-refractivity contribution in [2.75, 3.05) is 0 Å². The first-order valence-electron chi connectivity index (χ1n) is 10.5. The van der Waals surface area contributed by atoms with Crippen molar-refractivity contribution in [2.45, 2.75) is 32.6 Å². The molecule has 34 heavy (non-hydrogen) atoms. The van der Waals surface area contributed by atoms with Crippen molar-refractivity contribution in [1.29, 1.82) is 0 Å². The number of nitrogens with zero attached hydrogens (tertiary/aromatic N) is 2. The number of alkyl halides is 3. The van der Waals surface area contributed by atoms with Crippen LogP contribution in [0.15, 0.2) is 72.6 Å². The molecule has 8 heteroatoms. The lowest BCUT2D eigenvalue weighted by Crippen LogP contribution is -2.29. The van der Waals surface area contributed by atoms with E-state index >= 15 is 0 Å². The molecule has 2 aromatic carbocycles. The number of halogens is 3. The Labute approximate surface area is 194 Å². The first-order valence-corrected chi connectivity index (χ1v) is 10.5. The zero-order chi connectivity index (χ0) is 24.6. The van der Waals surface area contributed by atoms with Gasteiger partial charge in [0.1, 0.15) is 5.76 Å². The molecular formula is C26H21F3N2O3. The lowest BCUT2D eigenvalue weighted by atomic mass is 9.94. The van der Waals surface area contributed by atoms with Crippen LogP contribution in [0, 0.1) is 13.8 Å². The molecule has 1 N–H and O–H groups in total. The summed E-state index contributed by atoms with van der Waals surface area (Å²) in [7, 11) is 0. The average molecular weight is 466 g/mol. The molecule has 1 aliphatic rings. The summed E-state index contributed by atoms with van der Waals surface area (Å²) < 4.78 is 39.6. The van der Waals surface area contributed by atoms with Crippen molar-refractivity contribution in [2.24, 2.45) is 0 Å². The van der Waals surface area contributed by atoms with Crippen LogP contribution in [0.25, 0.3) is 5.76 Å². The summed E-state index contributed by atoms with van der Waals surface area (Å²) in [6.45, 7) is 3.35. The van der Waals surface area contributed by atoms with Gasteiger partial charge in [-0.2, -0.15) is 13.2 Å². The fourth-order valence-corrected chi connectivity index (χ4v) is 4.11. The number of Topliss-reactive ketones (excluding diaryl/α,β-unsaturated/α-hetero) is 1. The van der Waals surface area contributed by atoms with E-state index in [0.29, 0.717) is 16.7 Å². The number of likely N-dealkylation sites (tertiary alicyclic amines) is 1. The molecule has 1 atom stereocenters. The highest BCUT2D eigenvalue weighted by Gasteiger charge is 2.46. The van der Waals surface area contributed by atoms with Gasteiger partial charge in [-0.25, -0.2) is 0 Å². The molecule has 0 aliphatic carbocycles. The standard InChI is InChI=1S/C26H21F3N2O3/c1-15-8-9-16(2)20(11-15)23(32)21-22(18-6-4-10-30-13-18)31(25(34)24(21)33)14-17-5-3-7-19(12-17)26(27,28)29/h3-13,22,32H,14H2,1-2H3/b23-21+. The third kappa shape index (κ3) is 4.31. The number of rotatable bonds is 4. The molecule has 1 saturated heterocycles. The molecule has 1 aliphatic heterocycles. The largest absolute Gasteiger partial charge is 0.507 e. The van der Waals surface area contributed by atoms with Gasteiger partial charge in [0.05, 0.1) is 17.2 Å². The third-order valence-electron chi connectivity index (χ3n) is 5.80. The van der Waals surface area contributed by atoms with Crippen LogP contribution in [-0.4, -0.2) is 26.7 Å². The van der Waals surface area contributed by atoms with E-state index in [-0.39, 0.29) is 23.4 Å². The molecule has 3 aromatic rings. The van der Waals surface area contributed by atoms with Gasteiger partial charge in [-0.1, -0.05) is 35.9 Å². The molecule has 1 fully saturated rings. The highest BCUT2D eigenvalue weighted by atomic mass is 19.4. The second-order valence-electron chi connectivity index (χ2n) is 8.23. The maximum absolute atomic E-state index is 13.2. The third-order valence-corrected chi connectivity index (χ3v) is 5.80. The summed E-state index contributed by atoms with van der Waals surface area (Å²) >= 11 is 0. The number of aliphatic hydroxyl groups is 1. The second kappa shape index (κ2) is 8.78. The SMILES string of the molecule is Cc1ccc(C)c(/C(O)=C2\C(=O)C(=O)N(Cc3cccc(C(F)(F)F)c3)C2c2cccnc2)c1. The molecule has 5 nitrogen and oxygen atoms in total. The normalized spacial score (nSPS) is 17.9. The molecule has 4 rings (SSSR count). The van der Waals surface area contributed by atoms with Crippen LogP contribution < -0.4 is 0 Å². The van der Waals surface area contributed by atoms with Crippen molar-refractivity contribution in [1.82, 2.24) is 9.88 Å². The van der Waals surface area contributed by atoms with E-state index in [1.54, 1.807) is 31.2 Å². The predicted octanol–water partition coefficient (Wildman–Crippen LogP) is 5.34. The maximum Gasteiger partial charge on any atom is 0.416 e. The first-order chi connectivity index (χ1) is 16.1. The Morgan fingerprint density at radius 1 is 1.06 bits per heavy atom. The number of aliphatic hydroxyl groups excluding tert-OH is 1. The van der Waals surface area contributed by atoms with Gasteiger partial charge in [0, 0.05) is 24.5 Å². The topological polar surface area (TPSA) is 70.5 Å². The van der Waals surface area contributed by atoms with Gasteiger partial charge in [0.2, 0.25) is 0 Å². The minimum absolute atomic E-state index is 0.126. The van der Waals surface area contributed by atoms with Crippen LogP contribution in [-0.2, 0) is 22.3 Å². The number of hydrogen-bond donors (Lipinski definition) is 1. The molecule has 174 valence electrons. The summed E-state index contributed by atoms with van der Waals surface area (Å²) in [4.78, 5) is 31.4. The van der Waals surface area contributed by atoms with E-state index in [1.807, 2.05) is 13.0 Å². The van der Waals surface area contributed by atoms with Crippen molar-refractivity contribution in [3.8, 4) is 0 Å². The molecule has 1 unspecified atom stereocenters. The number of benzene rings is 2. The molecule has 1 amide bonds. The van der Waals surface area contributed by atoms with Gasteiger partial charge in [0.25, 0.3) is 11.7 Å². The predicted molar refractivity (Wildman–Crippen MR) is 119 cm³/mol. The van der Waals surface area contributed by atoms with E-state index in [9.17, 15) is 27.9 Å². The average Bonchev–Trinajstić information content (AvgIpc) is 3.05. The highest BCUT2D eigenvalue weighted by molar-refractivity contribution is 6.46. The van der Waals surface area contributed by atoms with E-state index < -0.39 is 29.5 Å². The lowest BCUT2D eigenvalue weighted by Gasteiger charge is -2.25. The smallest absolute Gasteiger partial charge is 0.416 e. The van der Waals surface area contributed by atoms with Gasteiger partial charge in [-0.15, -0.1) is 0 Å². The summed E-state index contributed by atoms with van der Waals surface area (Å²) in [6.07, 6.45) is -1.56. The van der Waals surface area contributed by atoms with Crippen molar-refractivity contribution < 1.29 is 27.9 Å². The Bertz CT molecular complexity index is 1300. The molecule has 1 aromatic heterocycles. The fraction of sp³-hybridized carbons (Fsp3) is 0.192. The van der Waals surface area contributed by atoms with E-state index in [1.165, 1.54) is 29.4 Å². The van der Waals surface area contributed by atoms with E-state index in [2.05, 4.69) is 4.98 Å². The Balaban J connectivity index is 1.86. The maximum atomic E-state index is 13.2. The number of ketones is 1. The van der Waals surface area contributed by atoms with E-state index in [4.69, 9.17) is 0 Å². The number of aromatic nitrogens is 1. The molecular weight excluding hydrogens is 445 g/mol. The van der Waals surface area contributed by atoms with Gasteiger partial charge in [-0.3, -0.25) is 14.6 Å². The van der Waals surface area contributed by atoms with Gasteiger partial charge in [0.15, 0.2) is 0 Å². The Kier molecular flexibility index (Phi) is 6.00. The van der Waals surface area contributed by atoms with E-state index in [0.717, 1.165) is 17.7 Å². The monoisotopic (exact) mass is 466 g/mol. The Hall–Kier alpha value is -3.94. The van der Waals surface area contributed by atoms with Crippen molar-refractivity contribution in [3.05, 3.63) is 106 Å². The zero-order valence-corrected chi connectivity index (χ0v) is 18.4. The van der Waals surface area contributed by atoms with Crippen LogP contribution in [0.5, 0.6) is 0 Å². The number of amides is 1. The summed E-state index contributed by atoms with van der Waals surface area (Å²) in [6, 6.07) is 12.2. The van der Waals surface area contributed by atoms with Crippen LogP contribution in [0.4, 0.5) is 13.2 Å². The molecule has 0 saturated carbocycles. The quantitative estimate of drug-likeness (QED) is 0.320. The fourth-order valence-electron chi connectivity index (χ4n) is 4.11. The number of hydrogen-bond acceptors (Lipinski definition) is 4. The van der Waals surface area contributed by atoms with Crippen LogP contribution in [0.2, 0.25) is 0 Å². The van der Waals surface area contributed by atoms with Crippen LogP contribution >= 0.6 is 0 Å². The van der Waals surface area contributed by atoms with Crippen LogP contribution in [0.1, 0.15) is 39.4 Å². The molecule has 0 spiro atoms. The van der Waals surface area contributed by atoms with Gasteiger partial charge in [-0.05, 0) is 54.8 Å². The molecule has 2 heterocycles. The highest BCUT2D eigenvalue weighted by Crippen LogP contribution is 2.41. The number of pyridine rings is 1. The minimum atomic E-state index is -4.55. The second-order valence-corrected chi connectivity index (χ2v) is 8.23. The minimum Gasteiger partial charge on any atom is -0.507 e. The number of carbonyl (C=O) groups is 2. The summed E-state index contributed by atoms with van der Waals surface area (Å²) in [5.41, 5.74) is 1.65. The Morgan fingerprint density at radius 3 is 2.50 bits per heavy atom. The van der Waals surface area contributed by atoms with Crippen LogP contribution in [0.3, 0.4) is 0 Å². The lowest BCUT2D eigenvalue weighted by molar-refractivity contribution is -0.140. The zero-order valence-electron chi connectivity index (χ0n) is 18.4. The van der Waals surface area contributed by atoms with Crippen molar-refractivity contribution >= 4 is 17.4 Å². The molecule has 0 radical (unpaired) electrons. The van der Waals surface area contributed by atoms with Crippen molar-refractivity contribution in [3.63, 3.8) is 0 Å². The van der Waals surface area contributed by atoms with Gasteiger partial charge >= 0.3 is 6.18 Å². The summed E-state index contributed by atoms with van der Waals surface area (Å²) in [5, 5.41) is 11.2. The molecule has 0 bridgehead atoms. The number of carbonyl (C=O) groups excluding carboxylic acids is 2. The number of aryl methyl sites for hydroxylation is 2. The summed E-state index contributed by atoms with van der Waals surface area (Å²) in [5.74, 6) is -2.14. The van der Waals surface area contributed by atoms with Gasteiger partial charge < -0.3 is 10.0 Å². The first kappa shape index (κ1) is 23.2. The Morgan fingerprint density at radius 2 is 1.82 bits per heavy atom.